The highest BCUT2D eigenvalue weighted by Gasteiger charge is 2.31. The van der Waals surface area contributed by atoms with E-state index in [0.29, 0.717) is 17.4 Å². The third-order valence-corrected chi connectivity index (χ3v) is 4.53. The lowest BCUT2D eigenvalue weighted by Crippen LogP contribution is -2.53. The summed E-state index contributed by atoms with van der Waals surface area (Å²) in [6.45, 7) is 8.09. The van der Waals surface area contributed by atoms with Gasteiger partial charge in [-0.05, 0) is 43.0 Å². The van der Waals surface area contributed by atoms with Crippen LogP contribution in [0, 0.1) is 11.3 Å². The predicted molar refractivity (Wildman–Crippen MR) is 87.5 cm³/mol. The van der Waals surface area contributed by atoms with Crippen LogP contribution in [0.4, 0.5) is 0 Å². The Morgan fingerprint density at radius 1 is 1.48 bits per heavy atom. The fourth-order valence-electron chi connectivity index (χ4n) is 2.78. The van der Waals surface area contributed by atoms with Crippen LogP contribution in [0.5, 0.6) is 0 Å². The highest BCUT2D eigenvalue weighted by molar-refractivity contribution is 6.30. The van der Waals surface area contributed by atoms with Crippen molar-refractivity contribution in [2.75, 3.05) is 13.1 Å². The Labute approximate surface area is 132 Å². The Balaban J connectivity index is 1.99. The van der Waals surface area contributed by atoms with Gasteiger partial charge in [0.1, 0.15) is 0 Å². The summed E-state index contributed by atoms with van der Waals surface area (Å²) in [6.07, 6.45) is 1.80. The summed E-state index contributed by atoms with van der Waals surface area (Å²) in [6, 6.07) is 7.96. The van der Waals surface area contributed by atoms with E-state index < -0.39 is 5.41 Å². The Kier molecular flexibility index (Phi) is 5.28. The first-order valence-electron chi connectivity index (χ1n) is 7.64. The van der Waals surface area contributed by atoms with E-state index in [1.165, 1.54) is 0 Å². The van der Waals surface area contributed by atoms with Crippen LogP contribution in [-0.4, -0.2) is 25.0 Å². The molecule has 116 valence electrons. The molecule has 0 spiro atoms. The number of halogens is 1. The Morgan fingerprint density at radius 2 is 2.24 bits per heavy atom. The van der Waals surface area contributed by atoms with E-state index in [0.717, 1.165) is 25.1 Å². The van der Waals surface area contributed by atoms with E-state index >= 15 is 0 Å². The smallest absolute Gasteiger partial charge is 0.226 e. The molecule has 4 heteroatoms. The van der Waals surface area contributed by atoms with Crippen molar-refractivity contribution in [1.82, 2.24) is 10.6 Å². The molecule has 0 aromatic heterocycles. The van der Waals surface area contributed by atoms with Crippen molar-refractivity contribution in [3.05, 3.63) is 34.9 Å². The average Bonchev–Trinajstić information content (AvgIpc) is 2.40. The molecule has 0 bridgehead atoms. The molecule has 0 radical (unpaired) electrons. The second-order valence-electron chi connectivity index (χ2n) is 6.74. The van der Waals surface area contributed by atoms with Crippen LogP contribution in [0.1, 0.15) is 32.8 Å². The number of nitrogens with one attached hydrogen (secondary N) is 2. The second kappa shape index (κ2) is 6.80. The largest absolute Gasteiger partial charge is 0.351 e. The van der Waals surface area contributed by atoms with Gasteiger partial charge in [0.2, 0.25) is 5.91 Å². The zero-order chi connectivity index (χ0) is 15.5. The van der Waals surface area contributed by atoms with Crippen molar-refractivity contribution in [1.29, 1.82) is 0 Å². The molecule has 21 heavy (non-hydrogen) atoms. The summed E-state index contributed by atoms with van der Waals surface area (Å²) in [7, 11) is 0. The lowest BCUT2D eigenvalue weighted by Gasteiger charge is -2.33. The van der Waals surface area contributed by atoms with Gasteiger partial charge in [-0.25, -0.2) is 0 Å². The fourth-order valence-corrected chi connectivity index (χ4v) is 3.00. The molecule has 1 fully saturated rings. The average molecular weight is 309 g/mol. The lowest BCUT2D eigenvalue weighted by atomic mass is 9.83. The number of hydrogen-bond donors (Lipinski definition) is 2. The third-order valence-electron chi connectivity index (χ3n) is 4.29. The van der Waals surface area contributed by atoms with Gasteiger partial charge < -0.3 is 10.6 Å². The van der Waals surface area contributed by atoms with E-state index in [1.54, 1.807) is 0 Å². The summed E-state index contributed by atoms with van der Waals surface area (Å²) in [5.41, 5.74) is 0.652. The predicted octanol–water partition coefficient (Wildman–Crippen LogP) is 3.02. The van der Waals surface area contributed by atoms with Gasteiger partial charge in [0.05, 0.1) is 0 Å². The summed E-state index contributed by atoms with van der Waals surface area (Å²) >= 11 is 6.02. The quantitative estimate of drug-likeness (QED) is 0.897. The van der Waals surface area contributed by atoms with Crippen LogP contribution in [0.25, 0.3) is 0 Å². The zero-order valence-corrected chi connectivity index (χ0v) is 13.8. The zero-order valence-electron chi connectivity index (χ0n) is 13.1. The molecular weight excluding hydrogens is 284 g/mol. The molecule has 1 amide bonds. The molecule has 2 unspecified atom stereocenters. The minimum absolute atomic E-state index is 0.114. The van der Waals surface area contributed by atoms with Crippen LogP contribution in [0.2, 0.25) is 5.02 Å². The number of piperidine rings is 1. The minimum Gasteiger partial charge on any atom is -0.351 e. The molecular formula is C17H25ClN2O. The molecule has 0 saturated carbocycles. The summed E-state index contributed by atoms with van der Waals surface area (Å²) in [5.74, 6) is 0.639. The number of benzene rings is 1. The first kappa shape index (κ1) is 16.3. The first-order chi connectivity index (χ1) is 9.88. The Hall–Kier alpha value is -1.06. The molecule has 2 N–H and O–H groups in total. The number of amides is 1. The number of hydrogen-bond acceptors (Lipinski definition) is 2. The molecule has 1 aliphatic rings. The minimum atomic E-state index is -0.443. The van der Waals surface area contributed by atoms with Crippen LogP contribution in [-0.2, 0) is 11.2 Å². The molecule has 1 saturated heterocycles. The summed E-state index contributed by atoms with van der Waals surface area (Å²) < 4.78 is 0. The number of carbonyl (C=O) groups excluding carboxylic acids is 1. The van der Waals surface area contributed by atoms with E-state index in [1.807, 2.05) is 38.1 Å². The SMILES string of the molecule is CC1CCNCC1NC(=O)C(C)(C)Cc1cccc(Cl)c1. The van der Waals surface area contributed by atoms with Gasteiger partial charge >= 0.3 is 0 Å². The summed E-state index contributed by atoms with van der Waals surface area (Å²) in [4.78, 5) is 12.6. The van der Waals surface area contributed by atoms with Gasteiger partial charge in [-0.2, -0.15) is 0 Å². The molecule has 1 aromatic rings. The topological polar surface area (TPSA) is 41.1 Å². The standard InChI is InChI=1S/C17H25ClN2O/c1-12-7-8-19-11-15(12)20-16(21)17(2,3)10-13-5-4-6-14(18)9-13/h4-6,9,12,15,19H,7-8,10-11H2,1-3H3,(H,20,21). The van der Waals surface area contributed by atoms with E-state index in [4.69, 9.17) is 11.6 Å². The van der Waals surface area contributed by atoms with Crippen molar-refractivity contribution < 1.29 is 4.79 Å². The van der Waals surface area contributed by atoms with E-state index in [9.17, 15) is 4.79 Å². The number of rotatable bonds is 4. The third kappa shape index (κ3) is 4.45. The van der Waals surface area contributed by atoms with Gasteiger partial charge in [0.15, 0.2) is 0 Å². The first-order valence-corrected chi connectivity index (χ1v) is 8.02. The van der Waals surface area contributed by atoms with Crippen LogP contribution < -0.4 is 10.6 Å². The molecule has 1 aromatic carbocycles. The number of carbonyl (C=O) groups is 1. The van der Waals surface area contributed by atoms with Crippen molar-refractivity contribution in [2.45, 2.75) is 39.7 Å². The molecule has 0 aliphatic carbocycles. The fraction of sp³-hybridized carbons (Fsp3) is 0.588. The van der Waals surface area contributed by atoms with Gasteiger partial charge in [0.25, 0.3) is 0 Å². The van der Waals surface area contributed by atoms with Gasteiger partial charge in [-0.15, -0.1) is 0 Å². The molecule has 1 heterocycles. The second-order valence-corrected chi connectivity index (χ2v) is 7.18. The molecule has 2 atom stereocenters. The highest BCUT2D eigenvalue weighted by atomic mass is 35.5. The Bertz CT molecular complexity index is 501. The van der Waals surface area contributed by atoms with Crippen molar-refractivity contribution in [3.8, 4) is 0 Å². The van der Waals surface area contributed by atoms with Crippen molar-refractivity contribution >= 4 is 17.5 Å². The highest BCUT2D eigenvalue weighted by Crippen LogP contribution is 2.24. The molecule has 3 nitrogen and oxygen atoms in total. The summed E-state index contributed by atoms with van der Waals surface area (Å²) in [5, 5.41) is 7.27. The van der Waals surface area contributed by atoms with Gasteiger partial charge in [-0.3, -0.25) is 4.79 Å². The Morgan fingerprint density at radius 3 is 2.90 bits per heavy atom. The van der Waals surface area contributed by atoms with Crippen LogP contribution in [0.15, 0.2) is 24.3 Å². The van der Waals surface area contributed by atoms with Crippen molar-refractivity contribution in [3.63, 3.8) is 0 Å². The lowest BCUT2D eigenvalue weighted by molar-refractivity contribution is -0.130. The molecule has 1 aliphatic heterocycles. The van der Waals surface area contributed by atoms with E-state index in [2.05, 4.69) is 17.6 Å². The maximum Gasteiger partial charge on any atom is 0.226 e. The van der Waals surface area contributed by atoms with Crippen LogP contribution in [0.3, 0.4) is 0 Å². The molecule has 2 rings (SSSR count). The van der Waals surface area contributed by atoms with Crippen LogP contribution >= 0.6 is 11.6 Å². The maximum atomic E-state index is 12.6. The van der Waals surface area contributed by atoms with Gasteiger partial charge in [0, 0.05) is 23.0 Å². The van der Waals surface area contributed by atoms with E-state index in [-0.39, 0.29) is 11.9 Å². The monoisotopic (exact) mass is 308 g/mol. The normalized spacial score (nSPS) is 22.9. The van der Waals surface area contributed by atoms with Gasteiger partial charge in [-0.1, -0.05) is 44.5 Å². The van der Waals surface area contributed by atoms with Crippen molar-refractivity contribution in [2.24, 2.45) is 11.3 Å². The maximum absolute atomic E-state index is 12.6.